The van der Waals surface area contributed by atoms with Gasteiger partial charge < -0.3 is 16.0 Å². The largest absolute Gasteiger partial charge is 0.355 e. The molecule has 0 unspecified atom stereocenters. The predicted octanol–water partition coefficient (Wildman–Crippen LogP) is 2.85. The molecule has 0 aliphatic carbocycles. The average molecular weight is 391 g/mol. The van der Waals surface area contributed by atoms with E-state index in [9.17, 15) is 9.59 Å². The number of benzene rings is 2. The van der Waals surface area contributed by atoms with Gasteiger partial charge in [0.15, 0.2) is 0 Å². The van der Waals surface area contributed by atoms with Crippen LogP contribution in [0.3, 0.4) is 0 Å². The minimum absolute atomic E-state index is 0.135. The fourth-order valence-corrected chi connectivity index (χ4v) is 3.08. The average Bonchev–Trinajstić information content (AvgIpc) is 3.04. The van der Waals surface area contributed by atoms with Crippen LogP contribution in [0.1, 0.15) is 32.9 Å². The molecule has 0 saturated heterocycles. The third-order valence-corrected chi connectivity index (χ3v) is 4.76. The molecule has 0 atom stereocenters. The first-order valence-electron chi connectivity index (χ1n) is 9.43. The quantitative estimate of drug-likeness (QED) is 0.604. The second-order valence-corrected chi connectivity index (χ2v) is 6.71. The van der Waals surface area contributed by atoms with Crippen LogP contribution in [0, 0.1) is 13.8 Å². The topological polar surface area (TPSA) is 88.1 Å². The second kappa shape index (κ2) is 9.05. The maximum absolute atomic E-state index is 12.2. The maximum atomic E-state index is 12.2. The highest BCUT2D eigenvalue weighted by atomic mass is 16.2. The first-order valence-corrected chi connectivity index (χ1v) is 9.43. The number of aryl methyl sites for hydroxylation is 1. The van der Waals surface area contributed by atoms with Gasteiger partial charge in [-0.2, -0.15) is 5.10 Å². The summed E-state index contributed by atoms with van der Waals surface area (Å²) in [5.74, 6) is -0.135. The van der Waals surface area contributed by atoms with E-state index in [4.69, 9.17) is 0 Å². The Morgan fingerprint density at radius 1 is 0.931 bits per heavy atom. The minimum atomic E-state index is -0.258. The summed E-state index contributed by atoms with van der Waals surface area (Å²) in [4.78, 5) is 23.8. The van der Waals surface area contributed by atoms with E-state index in [-0.39, 0.29) is 11.9 Å². The molecule has 3 aromatic rings. The Morgan fingerprint density at radius 2 is 1.59 bits per heavy atom. The monoisotopic (exact) mass is 391 g/mol. The van der Waals surface area contributed by atoms with E-state index in [2.05, 4.69) is 21.0 Å². The first kappa shape index (κ1) is 20.1. The highest BCUT2D eigenvalue weighted by Crippen LogP contribution is 2.17. The van der Waals surface area contributed by atoms with Crippen LogP contribution in [-0.2, 0) is 13.1 Å². The molecular weight excluding hydrogens is 366 g/mol. The Labute approximate surface area is 170 Å². The lowest BCUT2D eigenvalue weighted by Crippen LogP contribution is -2.34. The SMILES string of the molecule is CNC(=O)c1ccc(CNC(=O)NCc2c(C)nn(-c3ccccc3)c2C)cc1. The van der Waals surface area contributed by atoms with Crippen molar-refractivity contribution in [3.63, 3.8) is 0 Å². The fourth-order valence-electron chi connectivity index (χ4n) is 3.08. The van der Waals surface area contributed by atoms with Crippen LogP contribution in [0.2, 0.25) is 0 Å². The number of hydrogen-bond acceptors (Lipinski definition) is 3. The number of carbonyl (C=O) groups excluding carboxylic acids is 2. The van der Waals surface area contributed by atoms with Crippen molar-refractivity contribution in [3.05, 3.63) is 82.7 Å². The lowest BCUT2D eigenvalue weighted by molar-refractivity contribution is 0.0963. The molecule has 1 heterocycles. The highest BCUT2D eigenvalue weighted by molar-refractivity contribution is 5.93. The number of nitrogens with one attached hydrogen (secondary N) is 3. The van der Waals surface area contributed by atoms with Gasteiger partial charge in [-0.3, -0.25) is 4.79 Å². The lowest BCUT2D eigenvalue weighted by atomic mass is 10.1. The van der Waals surface area contributed by atoms with Gasteiger partial charge >= 0.3 is 6.03 Å². The van der Waals surface area contributed by atoms with Crippen LogP contribution >= 0.6 is 0 Å². The summed E-state index contributed by atoms with van der Waals surface area (Å²) in [7, 11) is 1.59. The van der Waals surface area contributed by atoms with E-state index in [0.29, 0.717) is 18.7 Å². The van der Waals surface area contributed by atoms with E-state index < -0.39 is 0 Å². The zero-order valence-electron chi connectivity index (χ0n) is 16.8. The molecule has 0 aliphatic rings. The van der Waals surface area contributed by atoms with Crippen LogP contribution < -0.4 is 16.0 Å². The second-order valence-electron chi connectivity index (χ2n) is 6.71. The van der Waals surface area contributed by atoms with Gasteiger partial charge in [0, 0.05) is 37.0 Å². The van der Waals surface area contributed by atoms with Crippen LogP contribution in [0.5, 0.6) is 0 Å². The summed E-state index contributed by atoms with van der Waals surface area (Å²) in [6.07, 6.45) is 0. The van der Waals surface area contributed by atoms with Gasteiger partial charge in [-0.15, -0.1) is 0 Å². The molecule has 3 amide bonds. The molecule has 3 rings (SSSR count). The van der Waals surface area contributed by atoms with Crippen molar-refractivity contribution in [2.24, 2.45) is 0 Å². The molecule has 0 spiro atoms. The molecule has 7 nitrogen and oxygen atoms in total. The van der Waals surface area contributed by atoms with Crippen molar-refractivity contribution in [2.75, 3.05) is 7.05 Å². The summed E-state index contributed by atoms with van der Waals surface area (Å²) >= 11 is 0. The molecule has 7 heteroatoms. The number of hydrogen-bond donors (Lipinski definition) is 3. The number of aromatic nitrogens is 2. The number of rotatable bonds is 6. The molecule has 0 bridgehead atoms. The Balaban J connectivity index is 1.56. The van der Waals surface area contributed by atoms with Crippen molar-refractivity contribution in [2.45, 2.75) is 26.9 Å². The van der Waals surface area contributed by atoms with Crippen molar-refractivity contribution in [3.8, 4) is 5.69 Å². The number of para-hydroxylation sites is 1. The Morgan fingerprint density at radius 3 is 2.24 bits per heavy atom. The summed E-state index contributed by atoms with van der Waals surface area (Å²) in [5, 5.41) is 12.9. The molecule has 2 aromatic carbocycles. The Kier molecular flexibility index (Phi) is 6.29. The maximum Gasteiger partial charge on any atom is 0.315 e. The van der Waals surface area contributed by atoms with E-state index >= 15 is 0 Å². The van der Waals surface area contributed by atoms with Crippen molar-refractivity contribution in [1.82, 2.24) is 25.7 Å². The van der Waals surface area contributed by atoms with Crippen LogP contribution in [-0.4, -0.2) is 28.8 Å². The van der Waals surface area contributed by atoms with Crippen LogP contribution in [0.25, 0.3) is 5.69 Å². The van der Waals surface area contributed by atoms with Crippen molar-refractivity contribution >= 4 is 11.9 Å². The molecule has 150 valence electrons. The Bertz CT molecular complexity index is 994. The predicted molar refractivity (Wildman–Crippen MR) is 112 cm³/mol. The van der Waals surface area contributed by atoms with Gasteiger partial charge in [-0.25, -0.2) is 9.48 Å². The molecular formula is C22H25N5O2. The number of urea groups is 1. The third-order valence-electron chi connectivity index (χ3n) is 4.76. The van der Waals surface area contributed by atoms with Gasteiger partial charge in [0.05, 0.1) is 11.4 Å². The standard InChI is InChI=1S/C22H25N5O2/c1-15-20(16(2)27(26-15)19-7-5-4-6-8-19)14-25-22(29)24-13-17-9-11-18(12-10-17)21(28)23-3/h4-12H,13-14H2,1-3H3,(H,23,28)(H2,24,25,29). The van der Waals surface area contributed by atoms with Gasteiger partial charge in [-0.1, -0.05) is 30.3 Å². The highest BCUT2D eigenvalue weighted by Gasteiger charge is 2.13. The van der Waals surface area contributed by atoms with Crippen LogP contribution in [0.15, 0.2) is 54.6 Å². The zero-order chi connectivity index (χ0) is 20.8. The summed E-state index contributed by atoms with van der Waals surface area (Å²) in [5.41, 5.74) is 5.37. The smallest absolute Gasteiger partial charge is 0.315 e. The normalized spacial score (nSPS) is 10.4. The van der Waals surface area contributed by atoms with Gasteiger partial charge in [0.1, 0.15) is 0 Å². The Hall–Kier alpha value is -3.61. The van der Waals surface area contributed by atoms with E-state index in [1.807, 2.05) is 61.0 Å². The molecule has 0 aliphatic heterocycles. The van der Waals surface area contributed by atoms with Gasteiger partial charge in [0.25, 0.3) is 5.91 Å². The number of carbonyl (C=O) groups is 2. The van der Waals surface area contributed by atoms with E-state index in [1.165, 1.54) is 0 Å². The summed E-state index contributed by atoms with van der Waals surface area (Å²) in [6, 6.07) is 16.8. The number of amides is 3. The van der Waals surface area contributed by atoms with Crippen molar-refractivity contribution in [1.29, 1.82) is 0 Å². The zero-order valence-corrected chi connectivity index (χ0v) is 16.8. The molecule has 0 radical (unpaired) electrons. The number of nitrogens with zero attached hydrogens (tertiary/aromatic N) is 2. The molecule has 29 heavy (non-hydrogen) atoms. The lowest BCUT2D eigenvalue weighted by Gasteiger charge is -2.09. The molecule has 3 N–H and O–H groups in total. The third kappa shape index (κ3) is 4.82. The molecule has 0 fully saturated rings. The molecule has 1 aromatic heterocycles. The fraction of sp³-hybridized carbons (Fsp3) is 0.227. The summed E-state index contributed by atoms with van der Waals surface area (Å²) < 4.78 is 1.89. The first-order chi connectivity index (χ1) is 14.0. The van der Waals surface area contributed by atoms with Gasteiger partial charge in [-0.05, 0) is 43.7 Å². The van der Waals surface area contributed by atoms with Gasteiger partial charge in [0.2, 0.25) is 0 Å². The van der Waals surface area contributed by atoms with Crippen LogP contribution in [0.4, 0.5) is 4.79 Å². The van der Waals surface area contributed by atoms with Crippen molar-refractivity contribution < 1.29 is 9.59 Å². The van der Waals surface area contributed by atoms with E-state index in [1.54, 1.807) is 19.2 Å². The summed E-state index contributed by atoms with van der Waals surface area (Å²) in [6.45, 7) is 4.71. The van der Waals surface area contributed by atoms with E-state index in [0.717, 1.165) is 28.2 Å². The molecule has 0 saturated carbocycles. The minimum Gasteiger partial charge on any atom is -0.355 e.